The summed E-state index contributed by atoms with van der Waals surface area (Å²) in [5, 5.41) is 0. The maximum atomic E-state index is 12.1. The lowest BCUT2D eigenvalue weighted by Gasteiger charge is -2.37. The van der Waals surface area contributed by atoms with E-state index in [1.807, 2.05) is 13.8 Å². The zero-order valence-electron chi connectivity index (χ0n) is 10.7. The van der Waals surface area contributed by atoms with Crippen LogP contribution in [0.25, 0.3) is 0 Å². The molecule has 0 radical (unpaired) electrons. The monoisotopic (exact) mass is 270 g/mol. The molecule has 0 saturated heterocycles. The average Bonchev–Trinajstić information content (AvgIpc) is 2.28. The molecule has 1 aromatic rings. The van der Waals surface area contributed by atoms with Crippen LogP contribution in [0.5, 0.6) is 5.75 Å². The molecule has 0 aromatic heterocycles. The first-order valence-corrected chi connectivity index (χ1v) is 7.67. The largest absolute Gasteiger partial charge is 0.460 e. The number of benzene rings is 1. The van der Waals surface area contributed by atoms with Crippen molar-refractivity contribution in [1.82, 2.24) is 0 Å². The van der Waals surface area contributed by atoms with Crippen LogP contribution in [0.4, 0.5) is 0 Å². The Kier molecular flexibility index (Phi) is 3.64. The SMILES string of the molecule is CCCC1(CCC)Oc2ccccc2S(=O)(=O)O1. The summed E-state index contributed by atoms with van der Waals surface area (Å²) in [5.74, 6) is -0.637. The van der Waals surface area contributed by atoms with E-state index >= 15 is 0 Å². The second kappa shape index (κ2) is 4.90. The molecule has 100 valence electrons. The molecule has 0 spiro atoms. The van der Waals surface area contributed by atoms with Crippen molar-refractivity contribution in [2.24, 2.45) is 0 Å². The van der Waals surface area contributed by atoms with Crippen molar-refractivity contribution >= 4 is 10.1 Å². The molecule has 0 N–H and O–H groups in total. The molecule has 0 bridgehead atoms. The average molecular weight is 270 g/mol. The zero-order chi connectivity index (χ0) is 13.2. The minimum absolute atomic E-state index is 0.118. The van der Waals surface area contributed by atoms with Gasteiger partial charge in [-0.2, -0.15) is 8.42 Å². The number of fused-ring (bicyclic) bond motifs is 1. The highest BCUT2D eigenvalue weighted by Crippen LogP contribution is 2.40. The standard InChI is InChI=1S/C13H18O4S/c1-3-9-13(10-4-2)16-11-7-5-6-8-12(11)18(14,15)17-13/h5-8H,3-4,9-10H2,1-2H3. The van der Waals surface area contributed by atoms with Gasteiger partial charge in [-0.15, -0.1) is 0 Å². The minimum Gasteiger partial charge on any atom is -0.460 e. The van der Waals surface area contributed by atoms with Gasteiger partial charge in [0.1, 0.15) is 10.6 Å². The predicted octanol–water partition coefficient (Wildman–Crippen LogP) is 3.08. The lowest BCUT2D eigenvalue weighted by molar-refractivity contribution is -0.131. The Morgan fingerprint density at radius 2 is 1.72 bits per heavy atom. The second-order valence-corrected chi connectivity index (χ2v) is 6.01. The number of para-hydroxylation sites is 1. The Hall–Kier alpha value is -1.07. The van der Waals surface area contributed by atoms with Crippen molar-refractivity contribution in [2.45, 2.75) is 50.2 Å². The highest BCUT2D eigenvalue weighted by Gasteiger charge is 2.43. The zero-order valence-corrected chi connectivity index (χ0v) is 11.5. The van der Waals surface area contributed by atoms with Crippen molar-refractivity contribution < 1.29 is 17.3 Å². The van der Waals surface area contributed by atoms with Crippen LogP contribution in [0, 0.1) is 0 Å². The fourth-order valence-corrected chi connectivity index (χ4v) is 3.57. The highest BCUT2D eigenvalue weighted by atomic mass is 32.2. The van der Waals surface area contributed by atoms with Gasteiger partial charge in [0.05, 0.1) is 0 Å². The molecule has 0 aliphatic carbocycles. The van der Waals surface area contributed by atoms with Crippen LogP contribution >= 0.6 is 0 Å². The Bertz CT molecular complexity index is 516. The highest BCUT2D eigenvalue weighted by molar-refractivity contribution is 7.87. The van der Waals surface area contributed by atoms with Crippen molar-refractivity contribution in [3.8, 4) is 5.75 Å². The third kappa shape index (κ3) is 2.37. The first-order chi connectivity index (χ1) is 8.53. The first kappa shape index (κ1) is 13.4. The first-order valence-electron chi connectivity index (χ1n) is 6.27. The fourth-order valence-electron chi connectivity index (χ4n) is 2.28. The van der Waals surface area contributed by atoms with Crippen LogP contribution in [0.3, 0.4) is 0 Å². The summed E-state index contributed by atoms with van der Waals surface area (Å²) in [6, 6.07) is 6.61. The van der Waals surface area contributed by atoms with Gasteiger partial charge in [-0.1, -0.05) is 26.0 Å². The fraction of sp³-hybridized carbons (Fsp3) is 0.538. The van der Waals surface area contributed by atoms with Gasteiger partial charge in [0.15, 0.2) is 0 Å². The van der Waals surface area contributed by atoms with Crippen LogP contribution in [0.2, 0.25) is 0 Å². The second-order valence-electron chi connectivity index (χ2n) is 4.50. The number of ether oxygens (including phenoxy) is 1. The molecule has 18 heavy (non-hydrogen) atoms. The molecule has 4 nitrogen and oxygen atoms in total. The summed E-state index contributed by atoms with van der Waals surface area (Å²) >= 11 is 0. The molecule has 2 rings (SSSR count). The lowest BCUT2D eigenvalue weighted by atomic mass is 10.1. The van der Waals surface area contributed by atoms with E-state index in [0.717, 1.165) is 12.8 Å². The van der Waals surface area contributed by atoms with E-state index in [4.69, 9.17) is 8.92 Å². The predicted molar refractivity (Wildman–Crippen MR) is 67.9 cm³/mol. The van der Waals surface area contributed by atoms with Crippen molar-refractivity contribution in [2.75, 3.05) is 0 Å². The van der Waals surface area contributed by atoms with E-state index in [2.05, 4.69) is 0 Å². The van der Waals surface area contributed by atoms with Gasteiger partial charge in [0, 0.05) is 12.8 Å². The summed E-state index contributed by atoms with van der Waals surface area (Å²) < 4.78 is 35.4. The Morgan fingerprint density at radius 1 is 1.11 bits per heavy atom. The molecule has 0 saturated carbocycles. The van der Waals surface area contributed by atoms with Gasteiger partial charge in [0.25, 0.3) is 0 Å². The molecule has 0 fully saturated rings. The van der Waals surface area contributed by atoms with E-state index in [9.17, 15) is 8.42 Å². The normalized spacial score (nSPS) is 19.9. The molecule has 0 unspecified atom stereocenters. The molecule has 0 atom stereocenters. The van der Waals surface area contributed by atoms with Crippen molar-refractivity contribution in [1.29, 1.82) is 0 Å². The maximum Gasteiger partial charge on any atom is 0.304 e. The summed E-state index contributed by atoms with van der Waals surface area (Å²) in [6.45, 7) is 3.97. The number of rotatable bonds is 4. The van der Waals surface area contributed by atoms with Gasteiger partial charge < -0.3 is 4.74 Å². The smallest absolute Gasteiger partial charge is 0.304 e. The van der Waals surface area contributed by atoms with Crippen molar-refractivity contribution in [3.63, 3.8) is 0 Å². The molecule has 1 heterocycles. The van der Waals surface area contributed by atoms with E-state index in [1.165, 1.54) is 6.07 Å². The van der Waals surface area contributed by atoms with Gasteiger partial charge in [-0.25, -0.2) is 4.18 Å². The quantitative estimate of drug-likeness (QED) is 0.789. The van der Waals surface area contributed by atoms with Crippen LogP contribution in [0.15, 0.2) is 29.2 Å². The van der Waals surface area contributed by atoms with Crippen LogP contribution in [-0.2, 0) is 14.3 Å². The number of hydrogen-bond donors (Lipinski definition) is 0. The molecule has 0 amide bonds. The van der Waals surface area contributed by atoms with E-state index < -0.39 is 15.9 Å². The van der Waals surface area contributed by atoms with E-state index in [0.29, 0.717) is 18.6 Å². The molecule has 5 heteroatoms. The van der Waals surface area contributed by atoms with Crippen molar-refractivity contribution in [3.05, 3.63) is 24.3 Å². The summed E-state index contributed by atoms with van der Waals surface area (Å²) in [5.41, 5.74) is 0. The third-order valence-electron chi connectivity index (χ3n) is 2.94. The van der Waals surface area contributed by atoms with Crippen LogP contribution in [-0.4, -0.2) is 14.2 Å². The van der Waals surface area contributed by atoms with Crippen LogP contribution in [0.1, 0.15) is 39.5 Å². The summed E-state index contributed by atoms with van der Waals surface area (Å²) in [7, 11) is -3.72. The molecule has 1 aliphatic rings. The van der Waals surface area contributed by atoms with Gasteiger partial charge in [0.2, 0.25) is 5.79 Å². The topological polar surface area (TPSA) is 52.6 Å². The van der Waals surface area contributed by atoms with Gasteiger partial charge in [-0.05, 0) is 25.0 Å². The lowest BCUT2D eigenvalue weighted by Crippen LogP contribution is -2.44. The van der Waals surface area contributed by atoms with Gasteiger partial charge in [-0.3, -0.25) is 0 Å². The van der Waals surface area contributed by atoms with Crippen LogP contribution < -0.4 is 4.74 Å². The molecule has 1 aromatic carbocycles. The maximum absolute atomic E-state index is 12.1. The molecule has 1 aliphatic heterocycles. The summed E-state index contributed by atoms with van der Waals surface area (Å²) in [4.78, 5) is 0.118. The Morgan fingerprint density at radius 3 is 2.33 bits per heavy atom. The Labute approximate surface area is 108 Å². The minimum atomic E-state index is -3.72. The number of hydrogen-bond acceptors (Lipinski definition) is 4. The Balaban J connectivity index is 2.46. The third-order valence-corrected chi connectivity index (χ3v) is 4.34. The molecular formula is C13H18O4S. The molecular weight excluding hydrogens is 252 g/mol. The summed E-state index contributed by atoms with van der Waals surface area (Å²) in [6.07, 6.45) is 2.73. The van der Waals surface area contributed by atoms with E-state index in [-0.39, 0.29) is 4.90 Å². The van der Waals surface area contributed by atoms with E-state index in [1.54, 1.807) is 18.2 Å². The van der Waals surface area contributed by atoms with Gasteiger partial charge >= 0.3 is 10.1 Å².